The van der Waals surface area contributed by atoms with Gasteiger partial charge in [0.15, 0.2) is 11.2 Å². The molecular weight excluding hydrogens is 360 g/mol. The molecule has 146 valence electrons. The van der Waals surface area contributed by atoms with Gasteiger partial charge >= 0.3 is 11.7 Å². The molecule has 0 radical (unpaired) electrons. The van der Waals surface area contributed by atoms with Crippen LogP contribution in [0.4, 0.5) is 0 Å². The lowest BCUT2D eigenvalue weighted by Gasteiger charge is -2.15. The fourth-order valence-corrected chi connectivity index (χ4v) is 3.14. The van der Waals surface area contributed by atoms with Gasteiger partial charge in [-0.25, -0.2) is 19.1 Å². The zero-order valence-electron chi connectivity index (χ0n) is 16.1. The van der Waals surface area contributed by atoms with Crippen molar-refractivity contribution in [1.82, 2.24) is 18.7 Å². The van der Waals surface area contributed by atoms with Crippen LogP contribution < -0.4 is 11.2 Å². The average Bonchev–Trinajstić information content (AvgIpc) is 3.11. The summed E-state index contributed by atoms with van der Waals surface area (Å²) in [6.45, 7) is 9.10. The summed E-state index contributed by atoms with van der Waals surface area (Å²) in [4.78, 5) is 42.7. The first-order valence-electron chi connectivity index (χ1n) is 8.98. The molecule has 0 saturated carbocycles. The second kappa shape index (κ2) is 7.67. The zero-order valence-corrected chi connectivity index (χ0v) is 16.1. The van der Waals surface area contributed by atoms with Crippen molar-refractivity contribution < 1.29 is 9.53 Å². The molecular formula is C20H22N4O4. The highest BCUT2D eigenvalue weighted by atomic mass is 16.5. The van der Waals surface area contributed by atoms with E-state index in [-0.39, 0.29) is 24.3 Å². The second-order valence-electron chi connectivity index (χ2n) is 6.36. The number of carbonyl (C=O) groups is 1. The summed E-state index contributed by atoms with van der Waals surface area (Å²) in [7, 11) is 0. The Morgan fingerprint density at radius 2 is 2.04 bits per heavy atom. The molecule has 3 aromatic rings. The van der Waals surface area contributed by atoms with Crippen LogP contribution in [0.2, 0.25) is 0 Å². The van der Waals surface area contributed by atoms with Crippen molar-refractivity contribution >= 4 is 17.1 Å². The molecule has 0 fully saturated rings. The Bertz CT molecular complexity index is 1170. The van der Waals surface area contributed by atoms with Gasteiger partial charge in [-0.3, -0.25) is 9.36 Å². The normalized spacial score (nSPS) is 12.1. The average molecular weight is 382 g/mol. The van der Waals surface area contributed by atoms with Crippen LogP contribution in [0.5, 0.6) is 0 Å². The predicted molar refractivity (Wildman–Crippen MR) is 106 cm³/mol. The first-order valence-corrected chi connectivity index (χ1v) is 8.98. The van der Waals surface area contributed by atoms with E-state index in [1.165, 1.54) is 21.5 Å². The van der Waals surface area contributed by atoms with Crippen LogP contribution in [0.15, 0.2) is 52.8 Å². The van der Waals surface area contributed by atoms with Gasteiger partial charge in [0, 0.05) is 6.54 Å². The van der Waals surface area contributed by atoms with Crippen LogP contribution in [-0.2, 0) is 16.1 Å². The van der Waals surface area contributed by atoms with E-state index in [1.807, 2.05) is 25.1 Å². The molecule has 0 aliphatic heterocycles. The number of allylic oxidation sites excluding steroid dienone is 1. The molecule has 0 spiro atoms. The van der Waals surface area contributed by atoms with Gasteiger partial charge in [0.25, 0.3) is 5.56 Å². The van der Waals surface area contributed by atoms with Gasteiger partial charge in [-0.1, -0.05) is 24.3 Å². The van der Waals surface area contributed by atoms with E-state index in [0.717, 1.165) is 10.1 Å². The van der Waals surface area contributed by atoms with E-state index in [4.69, 9.17) is 4.74 Å². The summed E-state index contributed by atoms with van der Waals surface area (Å²) < 4.78 is 8.99. The molecule has 2 aromatic heterocycles. The zero-order chi connectivity index (χ0) is 20.4. The number of benzene rings is 1. The van der Waals surface area contributed by atoms with Crippen molar-refractivity contribution in [3.05, 3.63) is 69.6 Å². The minimum absolute atomic E-state index is 0.0401. The number of para-hydroxylation sites is 1. The van der Waals surface area contributed by atoms with Crippen LogP contribution >= 0.6 is 0 Å². The molecule has 3 rings (SSSR count). The van der Waals surface area contributed by atoms with Crippen molar-refractivity contribution in [3.8, 4) is 5.69 Å². The summed E-state index contributed by atoms with van der Waals surface area (Å²) in [5.41, 5.74) is 0.775. The summed E-state index contributed by atoms with van der Waals surface area (Å²) >= 11 is 0. The van der Waals surface area contributed by atoms with Crippen molar-refractivity contribution in [2.24, 2.45) is 0 Å². The topological polar surface area (TPSA) is 88.1 Å². The summed E-state index contributed by atoms with van der Waals surface area (Å²) in [5.74, 6) is -0.481. The van der Waals surface area contributed by atoms with Crippen LogP contribution in [0.25, 0.3) is 16.9 Å². The summed E-state index contributed by atoms with van der Waals surface area (Å²) in [6, 6.07) is 6.56. The Hall–Kier alpha value is -3.42. The second-order valence-corrected chi connectivity index (χ2v) is 6.36. The van der Waals surface area contributed by atoms with E-state index in [0.29, 0.717) is 5.69 Å². The van der Waals surface area contributed by atoms with E-state index >= 15 is 0 Å². The Labute approximate surface area is 161 Å². The van der Waals surface area contributed by atoms with Gasteiger partial charge in [-0.2, -0.15) is 0 Å². The molecule has 0 N–H and O–H groups in total. The van der Waals surface area contributed by atoms with Crippen molar-refractivity contribution in [1.29, 1.82) is 0 Å². The molecule has 2 heterocycles. The first-order chi connectivity index (χ1) is 13.4. The highest BCUT2D eigenvalue weighted by Gasteiger charge is 2.24. The predicted octanol–water partition coefficient (Wildman–Crippen LogP) is 1.97. The number of imidazole rings is 1. The molecule has 1 atom stereocenters. The minimum atomic E-state index is -0.766. The Kier molecular flexibility index (Phi) is 5.30. The molecule has 8 heteroatoms. The molecule has 0 unspecified atom stereocenters. The Morgan fingerprint density at radius 1 is 1.32 bits per heavy atom. The number of carbonyl (C=O) groups excluding carboxylic acids is 1. The minimum Gasteiger partial charge on any atom is -0.464 e. The molecule has 0 amide bonds. The summed E-state index contributed by atoms with van der Waals surface area (Å²) in [5, 5.41) is 0. The van der Waals surface area contributed by atoms with Gasteiger partial charge < -0.3 is 9.30 Å². The largest absolute Gasteiger partial charge is 0.464 e. The van der Waals surface area contributed by atoms with Gasteiger partial charge in [0.05, 0.1) is 18.6 Å². The lowest BCUT2D eigenvalue weighted by atomic mass is 10.2. The van der Waals surface area contributed by atoms with Crippen molar-refractivity contribution in [3.63, 3.8) is 0 Å². The van der Waals surface area contributed by atoms with Gasteiger partial charge in [0.2, 0.25) is 0 Å². The number of rotatable bonds is 6. The molecule has 0 aliphatic rings. The number of esters is 1. The molecule has 0 saturated heterocycles. The lowest BCUT2D eigenvalue weighted by Crippen LogP contribution is -2.40. The number of nitrogens with zero attached hydrogens (tertiary/aromatic N) is 4. The number of aromatic nitrogens is 4. The van der Waals surface area contributed by atoms with Crippen LogP contribution in [0.3, 0.4) is 0 Å². The molecule has 1 aromatic carbocycles. The van der Waals surface area contributed by atoms with Crippen molar-refractivity contribution in [2.75, 3.05) is 6.61 Å². The number of aryl methyl sites for hydroxylation is 1. The van der Waals surface area contributed by atoms with Gasteiger partial charge in [-0.15, -0.1) is 6.58 Å². The molecule has 0 bridgehead atoms. The lowest BCUT2D eigenvalue weighted by molar-refractivity contribution is -0.146. The van der Waals surface area contributed by atoms with Crippen molar-refractivity contribution in [2.45, 2.75) is 33.4 Å². The van der Waals surface area contributed by atoms with E-state index in [9.17, 15) is 14.4 Å². The van der Waals surface area contributed by atoms with Crippen LogP contribution in [-0.4, -0.2) is 31.3 Å². The molecule has 8 nitrogen and oxygen atoms in total. The Morgan fingerprint density at radius 3 is 2.68 bits per heavy atom. The highest BCUT2D eigenvalue weighted by Crippen LogP contribution is 2.19. The maximum absolute atomic E-state index is 13.1. The highest BCUT2D eigenvalue weighted by molar-refractivity contribution is 5.79. The number of ether oxygens (including phenoxy) is 1. The van der Waals surface area contributed by atoms with Gasteiger partial charge in [-0.05, 0) is 32.4 Å². The smallest absolute Gasteiger partial charge is 0.337 e. The number of hydrogen-bond donors (Lipinski definition) is 0. The monoisotopic (exact) mass is 382 g/mol. The third kappa shape index (κ3) is 3.06. The fraction of sp³-hybridized carbons (Fsp3) is 0.300. The first kappa shape index (κ1) is 19.3. The SMILES string of the molecule is C=CCn1c(=O)c2c(ncn2[C@@H](C)C(=O)OCC)n(-c2ccccc2C)c1=O. The third-order valence-corrected chi connectivity index (χ3v) is 4.57. The molecule has 0 aliphatic carbocycles. The number of hydrogen-bond acceptors (Lipinski definition) is 5. The standard InChI is InChI=1S/C20H22N4O4/c1-5-11-22-18(25)16-17(21-12-23(16)14(4)19(26)28-6-2)24(20(22)27)15-10-8-7-9-13(15)3/h5,7-10,12,14H,1,6,11H2,2-4H3/t14-/m0/s1. The Balaban J connectivity index is 2.41. The number of fused-ring (bicyclic) bond motifs is 1. The van der Waals surface area contributed by atoms with E-state index in [2.05, 4.69) is 11.6 Å². The van der Waals surface area contributed by atoms with Gasteiger partial charge in [0.1, 0.15) is 6.04 Å². The van der Waals surface area contributed by atoms with Crippen LogP contribution in [0.1, 0.15) is 25.5 Å². The quantitative estimate of drug-likeness (QED) is 0.480. The maximum Gasteiger partial charge on any atom is 0.337 e. The maximum atomic E-state index is 13.1. The molecule has 28 heavy (non-hydrogen) atoms. The van der Waals surface area contributed by atoms with E-state index in [1.54, 1.807) is 19.9 Å². The fourth-order valence-electron chi connectivity index (χ4n) is 3.14. The van der Waals surface area contributed by atoms with Crippen LogP contribution in [0, 0.1) is 6.92 Å². The third-order valence-electron chi connectivity index (χ3n) is 4.57. The van der Waals surface area contributed by atoms with E-state index < -0.39 is 23.3 Å². The summed E-state index contributed by atoms with van der Waals surface area (Å²) in [6.07, 6.45) is 2.87.